The number of benzene rings is 2. The molecule has 42 heavy (non-hydrogen) atoms. The highest BCUT2D eigenvalue weighted by atomic mass is 19.1. The molecule has 10 nitrogen and oxygen atoms in total. The van der Waals surface area contributed by atoms with Crippen molar-refractivity contribution in [1.82, 2.24) is 24.6 Å². The van der Waals surface area contributed by atoms with Gasteiger partial charge in [-0.25, -0.2) is 28.2 Å². The number of rotatable bonds is 9. The zero-order chi connectivity index (χ0) is 30.1. The lowest BCUT2D eigenvalue weighted by Crippen LogP contribution is -2.24. The summed E-state index contributed by atoms with van der Waals surface area (Å²) in [4.78, 5) is 22.0. The largest absolute Gasteiger partial charge is 0.464 e. The van der Waals surface area contributed by atoms with Crippen molar-refractivity contribution in [2.75, 3.05) is 45.3 Å². The first-order valence-corrected chi connectivity index (χ1v) is 13.6. The number of carbonyl (C=O) groups is 1. The Labute approximate surface area is 243 Å². The van der Waals surface area contributed by atoms with Gasteiger partial charge in [-0.05, 0) is 62.6 Å². The molecule has 0 spiro atoms. The number of anilines is 1. The van der Waals surface area contributed by atoms with Crippen molar-refractivity contribution < 1.29 is 23.0 Å². The molecule has 5 rings (SSSR count). The summed E-state index contributed by atoms with van der Waals surface area (Å²) in [5, 5.41) is 7.24. The van der Waals surface area contributed by atoms with Gasteiger partial charge in [0.1, 0.15) is 23.1 Å². The van der Waals surface area contributed by atoms with E-state index in [0.717, 1.165) is 48.9 Å². The lowest BCUT2D eigenvalue weighted by atomic mass is 9.98. The molecule has 1 saturated heterocycles. The van der Waals surface area contributed by atoms with Crippen LogP contribution >= 0.6 is 0 Å². The molecule has 2 amide bonds. The van der Waals surface area contributed by atoms with Crippen molar-refractivity contribution >= 4 is 11.8 Å². The molecule has 1 aliphatic rings. The number of urea groups is 1. The molecule has 1 atom stereocenters. The predicted molar refractivity (Wildman–Crippen MR) is 156 cm³/mol. The maximum absolute atomic E-state index is 13.1. The molecule has 3 heterocycles. The van der Waals surface area contributed by atoms with E-state index in [1.807, 2.05) is 44.2 Å². The number of carbonyl (C=O) groups excluding carboxylic acids is 1. The molecule has 0 saturated carbocycles. The van der Waals surface area contributed by atoms with E-state index in [0.29, 0.717) is 36.3 Å². The van der Waals surface area contributed by atoms with Crippen molar-refractivity contribution in [3.05, 3.63) is 83.7 Å². The molecule has 0 aliphatic carbocycles. The number of hydrogen-bond acceptors (Lipinski definition) is 7. The van der Waals surface area contributed by atoms with Crippen LogP contribution < -0.4 is 15.8 Å². The summed E-state index contributed by atoms with van der Waals surface area (Å²) in [5.41, 5.74) is 8.99. The number of hydrogen-bond donors (Lipinski definition) is 2. The van der Waals surface area contributed by atoms with Gasteiger partial charge in [-0.2, -0.15) is 5.10 Å². The third-order valence-electron chi connectivity index (χ3n) is 6.78. The number of halogens is 2. The van der Waals surface area contributed by atoms with E-state index in [-0.39, 0.29) is 5.92 Å². The number of nitrogens with two attached hydrogens (primary N) is 1. The summed E-state index contributed by atoms with van der Waals surface area (Å²) in [5.74, 6) is -0.245. The summed E-state index contributed by atoms with van der Waals surface area (Å²) < 4.78 is 38.1. The second-order valence-electron chi connectivity index (χ2n) is 9.73. The lowest BCUT2D eigenvalue weighted by molar-refractivity contribution is 0.160. The maximum atomic E-state index is 13.1. The van der Waals surface area contributed by atoms with Crippen LogP contribution in [0.1, 0.15) is 30.4 Å². The zero-order valence-electron chi connectivity index (χ0n) is 23.9. The van der Waals surface area contributed by atoms with Gasteiger partial charge in [-0.3, -0.25) is 5.32 Å². The quantitative estimate of drug-likeness (QED) is 0.289. The Bertz CT molecular complexity index is 1450. The number of primary amides is 1. The summed E-state index contributed by atoms with van der Waals surface area (Å²) >= 11 is 0. The van der Waals surface area contributed by atoms with Crippen LogP contribution in [0.15, 0.2) is 60.9 Å². The van der Waals surface area contributed by atoms with E-state index in [4.69, 9.17) is 15.2 Å². The highest BCUT2D eigenvalue weighted by molar-refractivity contribution is 5.89. The van der Waals surface area contributed by atoms with Gasteiger partial charge in [0.05, 0.1) is 18.9 Å². The van der Waals surface area contributed by atoms with E-state index in [1.54, 1.807) is 24.2 Å². The fourth-order valence-corrected chi connectivity index (χ4v) is 4.77. The summed E-state index contributed by atoms with van der Waals surface area (Å²) in [6.07, 6.45) is 4.22. The number of nitrogens with one attached hydrogen (secondary N) is 1. The molecular formula is C30H35F2N7O3. The normalized spacial score (nSPS) is 14.7. The molecule has 0 bridgehead atoms. The Morgan fingerprint density at radius 1 is 1.12 bits per heavy atom. The topological polar surface area (TPSA) is 120 Å². The first-order chi connectivity index (χ1) is 20.3. The molecule has 2 aromatic heterocycles. The van der Waals surface area contributed by atoms with Gasteiger partial charge < -0.3 is 20.1 Å². The molecule has 3 N–H and O–H groups in total. The van der Waals surface area contributed by atoms with E-state index in [1.165, 1.54) is 12.1 Å². The Morgan fingerprint density at radius 2 is 1.81 bits per heavy atom. The van der Waals surface area contributed by atoms with E-state index in [2.05, 4.69) is 25.3 Å². The van der Waals surface area contributed by atoms with Crippen molar-refractivity contribution in [2.24, 2.45) is 5.73 Å². The Balaban J connectivity index is 0.000000208. The highest BCUT2D eigenvalue weighted by Gasteiger charge is 2.24. The second-order valence-corrected chi connectivity index (χ2v) is 9.73. The maximum Gasteiger partial charge on any atom is 0.317 e. The van der Waals surface area contributed by atoms with Crippen LogP contribution in [0.3, 0.4) is 0 Å². The van der Waals surface area contributed by atoms with Crippen LogP contribution in [0, 0.1) is 18.6 Å². The number of nitrogens with zero attached hydrogens (tertiary/aromatic N) is 5. The molecule has 2 aromatic carbocycles. The molecule has 1 fully saturated rings. The zero-order valence-corrected chi connectivity index (χ0v) is 23.9. The number of methoxy groups -OCH3 is 1. The predicted octanol–water partition coefficient (Wildman–Crippen LogP) is 4.93. The molecule has 4 aromatic rings. The summed E-state index contributed by atoms with van der Waals surface area (Å²) in [6.45, 7) is 7.61. The van der Waals surface area contributed by atoms with Crippen molar-refractivity contribution in [3.8, 4) is 23.0 Å². The average molecular weight is 580 g/mol. The van der Waals surface area contributed by atoms with Crippen LogP contribution in [0.4, 0.5) is 19.4 Å². The Kier molecular flexibility index (Phi) is 10.5. The molecular weight excluding hydrogens is 544 g/mol. The van der Waals surface area contributed by atoms with Crippen molar-refractivity contribution in [2.45, 2.75) is 26.2 Å². The smallest absolute Gasteiger partial charge is 0.317 e. The Hall–Kier alpha value is -4.42. The van der Waals surface area contributed by atoms with E-state index >= 15 is 0 Å². The average Bonchev–Trinajstić information content (AvgIpc) is 3.58. The van der Waals surface area contributed by atoms with Crippen LogP contribution in [0.25, 0.3) is 16.9 Å². The van der Waals surface area contributed by atoms with Crippen LogP contribution in [0.2, 0.25) is 0 Å². The molecule has 12 heteroatoms. The first-order valence-electron chi connectivity index (χ1n) is 13.6. The standard InChI is InChI=1S/C17H18N6O2.C13H17F2NO/c1-3-25-17-19-9-12(10-20-17)14-11(2)15(21-16(18)24)23(22-14)13-7-5-4-6-8-13;1-17-5-4-16-3-2-10(9-16)11-6-12(14)8-13(15)7-11/h4-10H,3H2,1-2H3,(H3,18,21,24);6-8,10H,2-5,9H2,1H3. The lowest BCUT2D eigenvalue weighted by Gasteiger charge is -2.15. The number of likely N-dealkylation sites (tertiary alicyclic amines) is 1. The van der Waals surface area contributed by atoms with Gasteiger partial charge in [-0.1, -0.05) is 18.2 Å². The van der Waals surface area contributed by atoms with Gasteiger partial charge in [0.15, 0.2) is 0 Å². The highest BCUT2D eigenvalue weighted by Crippen LogP contribution is 2.30. The first kappa shape index (κ1) is 30.5. The van der Waals surface area contributed by atoms with Gasteiger partial charge in [0.2, 0.25) is 0 Å². The van der Waals surface area contributed by atoms with E-state index in [9.17, 15) is 13.6 Å². The number of amides is 2. The van der Waals surface area contributed by atoms with Gasteiger partial charge in [0, 0.05) is 49.8 Å². The minimum atomic E-state index is -0.658. The number of para-hydroxylation sites is 1. The Morgan fingerprint density at radius 3 is 2.43 bits per heavy atom. The van der Waals surface area contributed by atoms with Crippen LogP contribution in [-0.2, 0) is 4.74 Å². The third kappa shape index (κ3) is 7.86. The van der Waals surface area contributed by atoms with Gasteiger partial charge in [0.25, 0.3) is 0 Å². The van der Waals surface area contributed by atoms with Crippen LogP contribution in [0.5, 0.6) is 6.01 Å². The van der Waals surface area contributed by atoms with E-state index < -0.39 is 17.7 Å². The van der Waals surface area contributed by atoms with Crippen LogP contribution in [-0.4, -0.2) is 70.6 Å². The minimum Gasteiger partial charge on any atom is -0.464 e. The monoisotopic (exact) mass is 579 g/mol. The second kappa shape index (κ2) is 14.5. The van der Waals surface area contributed by atoms with Crippen molar-refractivity contribution in [1.29, 1.82) is 0 Å². The van der Waals surface area contributed by atoms with Crippen molar-refractivity contribution in [3.63, 3.8) is 0 Å². The minimum absolute atomic E-state index is 0.233. The SMILES string of the molecule is CCOc1ncc(-c2nn(-c3ccccc3)c(NC(N)=O)c2C)cn1.COCCN1CCC(c2cc(F)cc(F)c2)C1. The summed E-state index contributed by atoms with van der Waals surface area (Å²) in [6, 6.07) is 12.9. The fourth-order valence-electron chi connectivity index (χ4n) is 4.77. The number of ether oxygens (including phenoxy) is 2. The third-order valence-corrected chi connectivity index (χ3v) is 6.78. The van der Waals surface area contributed by atoms with Gasteiger partial charge in [-0.15, -0.1) is 0 Å². The molecule has 1 aliphatic heterocycles. The summed E-state index contributed by atoms with van der Waals surface area (Å²) in [7, 11) is 1.68. The number of aromatic nitrogens is 4. The molecule has 0 radical (unpaired) electrons. The molecule has 222 valence electrons. The fraction of sp³-hybridized carbons (Fsp3) is 0.333. The van der Waals surface area contributed by atoms with Gasteiger partial charge >= 0.3 is 12.0 Å². The molecule has 1 unspecified atom stereocenters.